The van der Waals surface area contributed by atoms with Crippen LogP contribution >= 0.6 is 0 Å². The lowest BCUT2D eigenvalue weighted by molar-refractivity contribution is 0.0320. The Hall–Kier alpha value is -3.09. The van der Waals surface area contributed by atoms with Crippen molar-refractivity contribution >= 4 is 22.8 Å². The SMILES string of the molecule is CC(=O)c1c(OCCN2CCOCC2)c(OC/C=C/c2ccccc2)c2occc2c1C. The number of aryl methyl sites for hydroxylation is 1. The summed E-state index contributed by atoms with van der Waals surface area (Å²) >= 11 is 0. The Morgan fingerprint density at radius 1 is 1.09 bits per heavy atom. The van der Waals surface area contributed by atoms with E-state index in [4.69, 9.17) is 18.6 Å². The van der Waals surface area contributed by atoms with Gasteiger partial charge in [-0.3, -0.25) is 9.69 Å². The minimum Gasteiger partial charge on any atom is -0.487 e. The van der Waals surface area contributed by atoms with Gasteiger partial charge in [-0.1, -0.05) is 36.4 Å². The van der Waals surface area contributed by atoms with E-state index in [9.17, 15) is 4.79 Å². The maximum absolute atomic E-state index is 12.6. The predicted molar refractivity (Wildman–Crippen MR) is 125 cm³/mol. The van der Waals surface area contributed by atoms with Crippen molar-refractivity contribution in [2.45, 2.75) is 13.8 Å². The molecule has 3 aromatic rings. The highest BCUT2D eigenvalue weighted by atomic mass is 16.5. The Kier molecular flexibility index (Phi) is 7.24. The van der Waals surface area contributed by atoms with Crippen molar-refractivity contribution in [3.8, 4) is 11.5 Å². The second-order valence-corrected chi connectivity index (χ2v) is 7.80. The third kappa shape index (κ3) is 5.03. The number of nitrogens with zero attached hydrogens (tertiary/aromatic N) is 1. The molecule has 0 aliphatic carbocycles. The molecule has 0 amide bonds. The topological polar surface area (TPSA) is 61.1 Å². The zero-order valence-electron chi connectivity index (χ0n) is 18.6. The number of carbonyl (C=O) groups excluding carboxylic acids is 1. The molecule has 6 nitrogen and oxygen atoms in total. The molecular weight excluding hydrogens is 406 g/mol. The Balaban J connectivity index is 1.58. The quantitative estimate of drug-likeness (QED) is 0.452. The van der Waals surface area contributed by atoms with Crippen molar-refractivity contribution in [3.05, 3.63) is 65.4 Å². The van der Waals surface area contributed by atoms with Crippen LogP contribution in [-0.4, -0.2) is 56.7 Å². The van der Waals surface area contributed by atoms with E-state index in [1.165, 1.54) is 0 Å². The predicted octanol–water partition coefficient (Wildman–Crippen LogP) is 4.75. The fourth-order valence-electron chi connectivity index (χ4n) is 3.98. The fraction of sp³-hybridized carbons (Fsp3) is 0.346. The second kappa shape index (κ2) is 10.5. The van der Waals surface area contributed by atoms with Gasteiger partial charge in [0.05, 0.1) is 25.0 Å². The van der Waals surface area contributed by atoms with Gasteiger partial charge in [-0.05, 0) is 37.1 Å². The number of carbonyl (C=O) groups is 1. The molecule has 6 heteroatoms. The molecule has 0 N–H and O–H groups in total. The molecule has 0 atom stereocenters. The monoisotopic (exact) mass is 435 g/mol. The third-order valence-electron chi connectivity index (χ3n) is 5.63. The molecule has 1 aliphatic heterocycles. The number of ether oxygens (including phenoxy) is 3. The first kappa shape index (κ1) is 22.1. The summed E-state index contributed by atoms with van der Waals surface area (Å²) in [4.78, 5) is 14.9. The number of Topliss-reactive ketones (excluding diaryl/α,β-unsaturated/α-hetero) is 1. The van der Waals surface area contributed by atoms with Gasteiger partial charge in [-0.2, -0.15) is 0 Å². The van der Waals surface area contributed by atoms with Crippen LogP contribution in [0.2, 0.25) is 0 Å². The van der Waals surface area contributed by atoms with Crippen LogP contribution in [0.15, 0.2) is 53.2 Å². The molecule has 0 radical (unpaired) electrons. The van der Waals surface area contributed by atoms with Crippen LogP contribution in [0.4, 0.5) is 0 Å². The number of ketones is 1. The van der Waals surface area contributed by atoms with Crippen molar-refractivity contribution < 1.29 is 23.4 Å². The van der Waals surface area contributed by atoms with Gasteiger partial charge in [0.15, 0.2) is 17.1 Å². The number of hydrogen-bond donors (Lipinski definition) is 0. The van der Waals surface area contributed by atoms with Gasteiger partial charge >= 0.3 is 0 Å². The zero-order chi connectivity index (χ0) is 22.3. The molecule has 168 valence electrons. The first-order chi connectivity index (χ1) is 15.6. The first-order valence-electron chi connectivity index (χ1n) is 11.0. The van der Waals surface area contributed by atoms with Gasteiger partial charge < -0.3 is 18.6 Å². The highest BCUT2D eigenvalue weighted by Crippen LogP contribution is 2.42. The molecule has 0 saturated carbocycles. The molecule has 1 aromatic heterocycles. The molecule has 0 unspecified atom stereocenters. The van der Waals surface area contributed by atoms with E-state index < -0.39 is 0 Å². The third-order valence-corrected chi connectivity index (χ3v) is 5.63. The van der Waals surface area contributed by atoms with Crippen molar-refractivity contribution in [2.75, 3.05) is 46.1 Å². The van der Waals surface area contributed by atoms with E-state index in [1.807, 2.05) is 55.5 Å². The van der Waals surface area contributed by atoms with Gasteiger partial charge in [0.1, 0.15) is 13.2 Å². The van der Waals surface area contributed by atoms with Crippen LogP contribution < -0.4 is 9.47 Å². The Bertz CT molecular complexity index is 1080. The highest BCUT2D eigenvalue weighted by Gasteiger charge is 2.25. The number of rotatable bonds is 9. The first-order valence-corrected chi connectivity index (χ1v) is 11.0. The summed E-state index contributed by atoms with van der Waals surface area (Å²) < 4.78 is 23.5. The van der Waals surface area contributed by atoms with Crippen molar-refractivity contribution in [2.24, 2.45) is 0 Å². The summed E-state index contributed by atoms with van der Waals surface area (Å²) in [5.74, 6) is 0.871. The Morgan fingerprint density at radius 3 is 2.62 bits per heavy atom. The zero-order valence-corrected chi connectivity index (χ0v) is 18.6. The van der Waals surface area contributed by atoms with Crippen molar-refractivity contribution in [1.82, 2.24) is 4.90 Å². The van der Waals surface area contributed by atoms with E-state index in [2.05, 4.69) is 4.90 Å². The molecule has 32 heavy (non-hydrogen) atoms. The normalized spacial score (nSPS) is 14.8. The molecule has 1 saturated heterocycles. The number of morpholine rings is 1. The molecule has 0 bridgehead atoms. The average molecular weight is 436 g/mol. The smallest absolute Gasteiger partial charge is 0.205 e. The Morgan fingerprint density at radius 2 is 1.88 bits per heavy atom. The summed E-state index contributed by atoms with van der Waals surface area (Å²) in [6, 6.07) is 11.9. The largest absolute Gasteiger partial charge is 0.487 e. The maximum Gasteiger partial charge on any atom is 0.205 e. The lowest BCUT2D eigenvalue weighted by Gasteiger charge is -2.26. The lowest BCUT2D eigenvalue weighted by Crippen LogP contribution is -2.38. The summed E-state index contributed by atoms with van der Waals surface area (Å²) in [6.45, 7) is 8.23. The summed E-state index contributed by atoms with van der Waals surface area (Å²) in [5.41, 5.74) is 3.08. The van der Waals surface area contributed by atoms with Crippen LogP contribution in [0.3, 0.4) is 0 Å². The molecular formula is C26H29NO5. The minimum atomic E-state index is -0.0587. The lowest BCUT2D eigenvalue weighted by atomic mass is 9.99. The average Bonchev–Trinajstić information content (AvgIpc) is 3.30. The molecule has 1 fully saturated rings. The fourth-order valence-corrected chi connectivity index (χ4v) is 3.98. The highest BCUT2D eigenvalue weighted by molar-refractivity contribution is 6.05. The summed E-state index contributed by atoms with van der Waals surface area (Å²) in [5, 5.41) is 0.859. The van der Waals surface area contributed by atoms with Gasteiger partial charge in [-0.15, -0.1) is 0 Å². The van der Waals surface area contributed by atoms with Crippen LogP contribution in [0.25, 0.3) is 17.0 Å². The molecule has 0 spiro atoms. The molecule has 2 aromatic carbocycles. The summed E-state index contributed by atoms with van der Waals surface area (Å²) in [7, 11) is 0. The standard InChI is InChI=1S/C26H29NO5/c1-19-22-10-15-31-24(22)26(30-14-6-9-21-7-4-3-5-8-21)25(23(19)20(2)28)32-18-13-27-11-16-29-17-12-27/h3-10,15H,11-14,16-18H2,1-2H3/b9-6+. The number of benzene rings is 2. The second-order valence-electron chi connectivity index (χ2n) is 7.80. The molecule has 2 heterocycles. The van der Waals surface area contributed by atoms with Crippen LogP contribution in [0.5, 0.6) is 11.5 Å². The van der Waals surface area contributed by atoms with Crippen LogP contribution in [0.1, 0.15) is 28.4 Å². The number of furan rings is 1. The van der Waals surface area contributed by atoms with E-state index in [0.29, 0.717) is 35.9 Å². The minimum absolute atomic E-state index is 0.0587. The number of fused-ring (bicyclic) bond motifs is 1. The van der Waals surface area contributed by atoms with Gasteiger partial charge in [0.2, 0.25) is 5.75 Å². The van der Waals surface area contributed by atoms with E-state index >= 15 is 0 Å². The van der Waals surface area contributed by atoms with Gasteiger partial charge in [0, 0.05) is 25.0 Å². The molecule has 4 rings (SSSR count). The van der Waals surface area contributed by atoms with Crippen LogP contribution in [-0.2, 0) is 4.74 Å². The summed E-state index contributed by atoms with van der Waals surface area (Å²) in [6.07, 6.45) is 5.55. The maximum atomic E-state index is 12.6. The van der Waals surface area contributed by atoms with E-state index in [1.54, 1.807) is 13.2 Å². The molecule has 1 aliphatic rings. The number of hydrogen-bond acceptors (Lipinski definition) is 6. The van der Waals surface area contributed by atoms with E-state index in [-0.39, 0.29) is 5.78 Å². The van der Waals surface area contributed by atoms with Gasteiger partial charge in [0.25, 0.3) is 0 Å². The van der Waals surface area contributed by atoms with E-state index in [0.717, 1.165) is 49.4 Å². The Labute approximate surface area is 188 Å². The van der Waals surface area contributed by atoms with Crippen LogP contribution in [0, 0.1) is 6.92 Å². The van der Waals surface area contributed by atoms with Crippen molar-refractivity contribution in [1.29, 1.82) is 0 Å². The van der Waals surface area contributed by atoms with Gasteiger partial charge in [-0.25, -0.2) is 0 Å². The van der Waals surface area contributed by atoms with Crippen molar-refractivity contribution in [3.63, 3.8) is 0 Å².